The summed E-state index contributed by atoms with van der Waals surface area (Å²) in [6.45, 7) is 4.88. The predicted molar refractivity (Wildman–Crippen MR) is 131 cm³/mol. The normalized spacial score (nSPS) is 15.2. The van der Waals surface area contributed by atoms with E-state index in [-0.39, 0.29) is 42.4 Å². The van der Waals surface area contributed by atoms with Gasteiger partial charge in [0.15, 0.2) is 5.82 Å². The molecule has 0 spiro atoms. The first-order valence-electron chi connectivity index (χ1n) is 11.5. The van der Waals surface area contributed by atoms with E-state index in [1.807, 2.05) is 6.92 Å². The van der Waals surface area contributed by atoms with Crippen molar-refractivity contribution in [2.45, 2.75) is 45.5 Å². The van der Waals surface area contributed by atoms with Crippen LogP contribution < -0.4 is 21.9 Å². The van der Waals surface area contributed by atoms with Gasteiger partial charge < -0.3 is 21.5 Å². The highest BCUT2D eigenvalue weighted by molar-refractivity contribution is 5.76. The number of aliphatic carboxylic acids is 1. The third-order valence-electron chi connectivity index (χ3n) is 5.37. The smallest absolute Gasteiger partial charge is 0.475 e. The van der Waals surface area contributed by atoms with Crippen LogP contribution >= 0.6 is 0 Å². The fourth-order valence-corrected chi connectivity index (χ4v) is 3.29. The Morgan fingerprint density at radius 2 is 1.89 bits per heavy atom. The van der Waals surface area contributed by atoms with Gasteiger partial charge in [-0.1, -0.05) is 29.8 Å². The molecular weight excluding hydrogens is 511 g/mol. The number of anilines is 1. The molecular formula is C23H30F3N7O5. The lowest BCUT2D eigenvalue weighted by Crippen LogP contribution is -2.50. The first kappa shape index (κ1) is 30.1. The molecule has 2 aromatic rings. The molecule has 15 heteroatoms. The Labute approximate surface area is 216 Å². The van der Waals surface area contributed by atoms with E-state index in [4.69, 9.17) is 25.9 Å². The lowest BCUT2D eigenvalue weighted by atomic mass is 10.1. The molecule has 1 amide bonds. The Hall–Kier alpha value is -4.14. The summed E-state index contributed by atoms with van der Waals surface area (Å²) in [6, 6.07) is 8.03. The molecule has 0 saturated carbocycles. The molecule has 12 nitrogen and oxygen atoms in total. The summed E-state index contributed by atoms with van der Waals surface area (Å²) in [4.78, 5) is 43.7. The molecule has 3 rings (SSSR count). The van der Waals surface area contributed by atoms with Gasteiger partial charge in [0, 0.05) is 18.4 Å². The third-order valence-corrected chi connectivity index (χ3v) is 5.37. The maximum Gasteiger partial charge on any atom is 0.490 e. The molecule has 1 aromatic heterocycles. The van der Waals surface area contributed by atoms with Crippen LogP contribution in [-0.2, 0) is 27.4 Å². The van der Waals surface area contributed by atoms with E-state index in [0.29, 0.717) is 25.2 Å². The third kappa shape index (κ3) is 9.38. The number of carbonyl (C=O) groups excluding carboxylic acids is 1. The van der Waals surface area contributed by atoms with E-state index in [1.165, 1.54) is 20.8 Å². The number of carboxylic acid groups (broad SMARTS) is 1. The fourth-order valence-electron chi connectivity index (χ4n) is 3.29. The van der Waals surface area contributed by atoms with Gasteiger partial charge in [-0.25, -0.2) is 14.8 Å². The molecule has 0 bridgehead atoms. The van der Waals surface area contributed by atoms with Gasteiger partial charge in [-0.05, 0) is 32.3 Å². The highest BCUT2D eigenvalue weighted by Crippen LogP contribution is 2.13. The van der Waals surface area contributed by atoms with Crippen molar-refractivity contribution in [3.05, 3.63) is 57.6 Å². The van der Waals surface area contributed by atoms with E-state index in [1.54, 1.807) is 13.1 Å². The summed E-state index contributed by atoms with van der Waals surface area (Å²) < 4.78 is 33.1. The molecule has 2 heterocycles. The van der Waals surface area contributed by atoms with Crippen molar-refractivity contribution >= 4 is 23.7 Å². The number of guanidine groups is 1. The van der Waals surface area contributed by atoms with Gasteiger partial charge in [0.2, 0.25) is 11.9 Å². The lowest BCUT2D eigenvalue weighted by molar-refractivity contribution is -0.192. The molecule has 0 radical (unpaired) electrons. The van der Waals surface area contributed by atoms with E-state index < -0.39 is 12.1 Å². The van der Waals surface area contributed by atoms with Crippen molar-refractivity contribution in [1.29, 1.82) is 5.41 Å². The van der Waals surface area contributed by atoms with E-state index in [2.05, 4.69) is 39.9 Å². The van der Waals surface area contributed by atoms with Gasteiger partial charge >= 0.3 is 12.1 Å². The number of hydrogen-bond acceptors (Lipinski definition) is 7. The Balaban J connectivity index is 0.000000638. The number of halogens is 3. The van der Waals surface area contributed by atoms with Crippen molar-refractivity contribution in [1.82, 2.24) is 19.9 Å². The monoisotopic (exact) mass is 541 g/mol. The zero-order valence-electron chi connectivity index (χ0n) is 20.8. The summed E-state index contributed by atoms with van der Waals surface area (Å²) >= 11 is 0. The van der Waals surface area contributed by atoms with Crippen LogP contribution in [0, 0.1) is 19.3 Å². The number of benzene rings is 1. The average molecular weight is 542 g/mol. The molecule has 1 aliphatic heterocycles. The van der Waals surface area contributed by atoms with Gasteiger partial charge in [-0.3, -0.25) is 24.4 Å². The number of hydrogen-bond donors (Lipinski definition) is 5. The molecule has 1 aliphatic rings. The number of nitrogens with zero attached hydrogens (tertiary/aromatic N) is 3. The number of aryl methyl sites for hydroxylation is 2. The summed E-state index contributed by atoms with van der Waals surface area (Å²) in [7, 11) is 0. The Bertz CT molecular complexity index is 1180. The molecule has 1 atom stereocenters. The quantitative estimate of drug-likeness (QED) is 0.254. The molecule has 0 aliphatic carbocycles. The number of aromatic nitrogens is 2. The van der Waals surface area contributed by atoms with Crippen LogP contribution in [0.25, 0.3) is 0 Å². The number of carbonyl (C=O) groups is 2. The zero-order chi connectivity index (χ0) is 28.5. The molecule has 1 fully saturated rings. The maximum atomic E-state index is 12.8. The van der Waals surface area contributed by atoms with Crippen LogP contribution in [0.3, 0.4) is 0 Å². The molecule has 1 aromatic carbocycles. The molecule has 1 unspecified atom stereocenters. The van der Waals surface area contributed by atoms with Gasteiger partial charge in [-0.2, -0.15) is 13.2 Å². The first-order valence-corrected chi connectivity index (χ1v) is 11.5. The standard InChI is InChI=1S/C21H29N7O3.C2HF3O2/c1-14-3-5-16(6-4-14)7-9-24-19-20(30)27(15(2)11-25-19)12-18(29)26-17-8-10-28(21(22)23)31-13-17;3-2(4,5)1(6)7/h3-6,11,17H,7-10,12-13H2,1-2H3,(H3,22,23)(H,24,25)(H,26,29);(H,6,7). The van der Waals surface area contributed by atoms with Gasteiger partial charge in [0.25, 0.3) is 5.56 Å². The number of carboxylic acids is 1. The Morgan fingerprint density at radius 3 is 2.42 bits per heavy atom. The van der Waals surface area contributed by atoms with Gasteiger partial charge in [0.1, 0.15) is 6.54 Å². The van der Waals surface area contributed by atoms with Crippen LogP contribution in [0.5, 0.6) is 0 Å². The Kier molecular flexibility index (Phi) is 10.6. The van der Waals surface area contributed by atoms with Gasteiger partial charge in [0.05, 0.1) is 19.2 Å². The number of hydroxylamine groups is 2. The van der Waals surface area contributed by atoms with Crippen LogP contribution in [0.2, 0.25) is 0 Å². The predicted octanol–water partition coefficient (Wildman–Crippen LogP) is 1.16. The topological polar surface area (TPSA) is 176 Å². The summed E-state index contributed by atoms with van der Waals surface area (Å²) in [5.41, 5.74) is 8.03. The van der Waals surface area contributed by atoms with Gasteiger partial charge in [-0.15, -0.1) is 0 Å². The SMILES string of the molecule is Cc1ccc(CCNc2ncc(C)n(CC(=O)NC3CCN(C(=N)N)OC3)c2=O)cc1.O=C(O)C(F)(F)F. The zero-order valence-corrected chi connectivity index (χ0v) is 20.8. The van der Waals surface area contributed by atoms with Crippen LogP contribution in [0.1, 0.15) is 23.2 Å². The minimum atomic E-state index is -5.08. The summed E-state index contributed by atoms with van der Waals surface area (Å²) in [6.07, 6.45) is -2.15. The van der Waals surface area contributed by atoms with Crippen molar-refractivity contribution < 1.29 is 32.7 Å². The van der Waals surface area contributed by atoms with E-state index >= 15 is 0 Å². The number of nitrogens with one attached hydrogen (secondary N) is 3. The second-order valence-electron chi connectivity index (χ2n) is 8.44. The minimum Gasteiger partial charge on any atom is -0.475 e. The van der Waals surface area contributed by atoms with E-state index in [0.717, 1.165) is 6.42 Å². The number of alkyl halides is 3. The lowest BCUT2D eigenvalue weighted by Gasteiger charge is -2.31. The number of rotatable bonds is 7. The second kappa shape index (κ2) is 13.4. The number of amides is 1. The maximum absolute atomic E-state index is 12.8. The van der Waals surface area contributed by atoms with Crippen molar-refractivity contribution in [3.8, 4) is 0 Å². The van der Waals surface area contributed by atoms with Crippen LogP contribution in [0.4, 0.5) is 19.0 Å². The second-order valence-corrected chi connectivity index (χ2v) is 8.44. The number of nitrogens with two attached hydrogens (primary N) is 1. The summed E-state index contributed by atoms with van der Waals surface area (Å²) in [5.74, 6) is -2.98. The van der Waals surface area contributed by atoms with Crippen LogP contribution in [-0.4, -0.2) is 69.5 Å². The summed E-state index contributed by atoms with van der Waals surface area (Å²) in [5, 5.41) is 21.7. The molecule has 1 saturated heterocycles. The molecule has 38 heavy (non-hydrogen) atoms. The highest BCUT2D eigenvalue weighted by Gasteiger charge is 2.38. The first-order chi connectivity index (χ1) is 17.8. The van der Waals surface area contributed by atoms with Crippen LogP contribution in [0.15, 0.2) is 35.3 Å². The average Bonchev–Trinajstić information content (AvgIpc) is 2.84. The minimum absolute atomic E-state index is 0.104. The van der Waals surface area contributed by atoms with E-state index in [9.17, 15) is 22.8 Å². The fraction of sp³-hybridized carbons (Fsp3) is 0.435. The van der Waals surface area contributed by atoms with Crippen molar-refractivity contribution in [2.75, 3.05) is 25.0 Å². The molecule has 6 N–H and O–H groups in total. The van der Waals surface area contributed by atoms with Crippen molar-refractivity contribution in [3.63, 3.8) is 0 Å². The molecule has 208 valence electrons. The van der Waals surface area contributed by atoms with Crippen molar-refractivity contribution in [2.24, 2.45) is 5.73 Å². The highest BCUT2D eigenvalue weighted by atomic mass is 19.4. The largest absolute Gasteiger partial charge is 0.490 e. The Morgan fingerprint density at radius 1 is 1.26 bits per heavy atom.